The summed E-state index contributed by atoms with van der Waals surface area (Å²) in [5.41, 5.74) is 2.72. The topological polar surface area (TPSA) is 38.0 Å². The second-order valence-corrected chi connectivity index (χ2v) is 6.58. The lowest BCUT2D eigenvalue weighted by Gasteiger charge is -2.34. The molecule has 0 bridgehead atoms. The van der Waals surface area contributed by atoms with Crippen LogP contribution >= 0.6 is 11.3 Å². The maximum atomic E-state index is 12.8. The van der Waals surface area contributed by atoms with Gasteiger partial charge in [0.05, 0.1) is 12.0 Å². The Balaban J connectivity index is 2.10. The van der Waals surface area contributed by atoms with Crippen LogP contribution in [0.4, 0.5) is 13.2 Å². The number of thiophene rings is 1. The van der Waals surface area contributed by atoms with Crippen molar-refractivity contribution < 1.29 is 13.2 Å². The van der Waals surface area contributed by atoms with Crippen molar-refractivity contribution in [1.82, 2.24) is 5.43 Å². The number of hydrogen-bond acceptors (Lipinski definition) is 3. The van der Waals surface area contributed by atoms with Crippen molar-refractivity contribution in [3.8, 4) is 0 Å². The maximum absolute atomic E-state index is 12.8. The molecule has 0 aliphatic heterocycles. The first-order valence-electron chi connectivity index (χ1n) is 6.51. The molecule has 3 N–H and O–H groups in total. The van der Waals surface area contributed by atoms with Crippen LogP contribution in [0, 0.1) is 18.8 Å². The second kappa shape index (κ2) is 5.81. The smallest absolute Gasteiger partial charge is 0.271 e. The van der Waals surface area contributed by atoms with Crippen molar-refractivity contribution in [3.05, 3.63) is 21.9 Å². The Bertz CT molecular complexity index is 416. The minimum atomic E-state index is -4.08. The van der Waals surface area contributed by atoms with Crippen molar-refractivity contribution in [2.45, 2.75) is 44.8 Å². The molecule has 1 saturated carbocycles. The minimum Gasteiger partial charge on any atom is -0.271 e. The van der Waals surface area contributed by atoms with E-state index >= 15 is 0 Å². The van der Waals surface area contributed by atoms with Crippen LogP contribution in [0.2, 0.25) is 0 Å². The van der Waals surface area contributed by atoms with E-state index in [4.69, 9.17) is 5.84 Å². The van der Waals surface area contributed by atoms with Crippen molar-refractivity contribution in [1.29, 1.82) is 0 Å². The van der Waals surface area contributed by atoms with Gasteiger partial charge >= 0.3 is 6.18 Å². The van der Waals surface area contributed by atoms with E-state index in [2.05, 4.69) is 5.43 Å². The van der Waals surface area contributed by atoms with Gasteiger partial charge in [-0.25, -0.2) is 0 Å². The van der Waals surface area contributed by atoms with E-state index in [0.29, 0.717) is 6.42 Å². The van der Waals surface area contributed by atoms with Gasteiger partial charge < -0.3 is 0 Å². The molecule has 1 fully saturated rings. The largest absolute Gasteiger partial charge is 0.391 e. The van der Waals surface area contributed by atoms with Crippen molar-refractivity contribution in [3.63, 3.8) is 0 Å². The number of rotatable bonds is 3. The molecule has 0 saturated heterocycles. The molecular formula is C13H19F3N2S. The van der Waals surface area contributed by atoms with Crippen LogP contribution in [0.1, 0.15) is 41.5 Å². The van der Waals surface area contributed by atoms with Crippen LogP contribution in [-0.4, -0.2) is 6.18 Å². The first kappa shape index (κ1) is 14.8. The second-order valence-electron chi connectivity index (χ2n) is 5.26. The van der Waals surface area contributed by atoms with Gasteiger partial charge in [0.2, 0.25) is 0 Å². The molecule has 6 heteroatoms. The van der Waals surface area contributed by atoms with Crippen LogP contribution in [-0.2, 0) is 0 Å². The van der Waals surface area contributed by atoms with Crippen molar-refractivity contribution >= 4 is 11.3 Å². The summed E-state index contributed by atoms with van der Waals surface area (Å²) in [5.74, 6) is 4.36. The Morgan fingerprint density at radius 3 is 2.63 bits per heavy atom. The van der Waals surface area contributed by atoms with E-state index in [1.165, 1.54) is 0 Å². The van der Waals surface area contributed by atoms with Gasteiger partial charge in [0.15, 0.2) is 0 Å². The van der Waals surface area contributed by atoms with Gasteiger partial charge in [-0.05, 0) is 44.2 Å². The van der Waals surface area contributed by atoms with Gasteiger partial charge in [0.1, 0.15) is 0 Å². The summed E-state index contributed by atoms with van der Waals surface area (Å²) in [6.07, 6.45) is -2.23. The van der Waals surface area contributed by atoms with E-state index in [1.54, 1.807) is 11.3 Å². The highest BCUT2D eigenvalue weighted by Gasteiger charge is 2.43. The first-order chi connectivity index (χ1) is 8.91. The standard InChI is InChI=1S/C13H19F3N2S/c1-8-5-6-11(19-8)12(18-17)9-3-2-4-10(7-9)13(14,15)16/h5-6,9-10,12,18H,2-4,7,17H2,1H3. The summed E-state index contributed by atoms with van der Waals surface area (Å²) < 4.78 is 38.5. The number of aryl methyl sites for hydroxylation is 1. The van der Waals surface area contributed by atoms with Gasteiger partial charge in [0, 0.05) is 9.75 Å². The molecule has 2 rings (SSSR count). The zero-order valence-corrected chi connectivity index (χ0v) is 11.7. The predicted octanol–water partition coefficient (Wildman–Crippen LogP) is 3.93. The van der Waals surface area contributed by atoms with Crippen LogP contribution in [0.15, 0.2) is 12.1 Å². The summed E-state index contributed by atoms with van der Waals surface area (Å²) in [5, 5.41) is 0. The number of hydrogen-bond donors (Lipinski definition) is 2. The van der Waals surface area contributed by atoms with Crippen LogP contribution in [0.3, 0.4) is 0 Å². The molecule has 1 aliphatic rings. The van der Waals surface area contributed by atoms with E-state index < -0.39 is 12.1 Å². The quantitative estimate of drug-likeness (QED) is 0.654. The van der Waals surface area contributed by atoms with Crippen LogP contribution in [0.5, 0.6) is 0 Å². The maximum Gasteiger partial charge on any atom is 0.391 e. The summed E-state index contributed by atoms with van der Waals surface area (Å²) in [7, 11) is 0. The average molecular weight is 292 g/mol. The summed E-state index contributed by atoms with van der Waals surface area (Å²) in [6.45, 7) is 1.99. The average Bonchev–Trinajstić information content (AvgIpc) is 2.76. The molecule has 2 nitrogen and oxygen atoms in total. The Hall–Kier alpha value is -0.590. The van der Waals surface area contributed by atoms with Crippen molar-refractivity contribution in [2.75, 3.05) is 0 Å². The third-order valence-electron chi connectivity index (χ3n) is 3.90. The molecule has 0 amide bonds. The van der Waals surface area contributed by atoms with Gasteiger partial charge in [0.25, 0.3) is 0 Å². The normalized spacial score (nSPS) is 26.4. The number of hydrazine groups is 1. The molecule has 1 aromatic rings. The van der Waals surface area contributed by atoms with Crippen LogP contribution in [0.25, 0.3) is 0 Å². The fourth-order valence-corrected chi connectivity index (χ4v) is 3.93. The Morgan fingerprint density at radius 2 is 2.11 bits per heavy atom. The molecule has 0 aromatic carbocycles. The zero-order valence-electron chi connectivity index (χ0n) is 10.8. The Kier molecular flexibility index (Phi) is 4.53. The molecule has 1 aliphatic carbocycles. The first-order valence-corrected chi connectivity index (χ1v) is 7.32. The third kappa shape index (κ3) is 3.49. The number of alkyl halides is 3. The lowest BCUT2D eigenvalue weighted by Crippen LogP contribution is -2.38. The van der Waals surface area contributed by atoms with E-state index in [1.807, 2.05) is 19.1 Å². The molecule has 1 aromatic heterocycles. The fraction of sp³-hybridized carbons (Fsp3) is 0.692. The molecule has 1 heterocycles. The van der Waals surface area contributed by atoms with Gasteiger partial charge in [-0.3, -0.25) is 11.3 Å². The molecule has 0 radical (unpaired) electrons. The highest BCUT2D eigenvalue weighted by Crippen LogP contribution is 2.44. The Morgan fingerprint density at radius 1 is 1.37 bits per heavy atom. The lowest BCUT2D eigenvalue weighted by atomic mass is 9.77. The van der Waals surface area contributed by atoms with Crippen molar-refractivity contribution in [2.24, 2.45) is 17.7 Å². The molecule has 108 valence electrons. The van der Waals surface area contributed by atoms with Gasteiger partial charge in [-0.2, -0.15) is 13.2 Å². The molecule has 3 unspecified atom stereocenters. The monoisotopic (exact) mass is 292 g/mol. The van der Waals surface area contributed by atoms with Gasteiger partial charge in [-0.15, -0.1) is 11.3 Å². The zero-order chi connectivity index (χ0) is 14.0. The van der Waals surface area contributed by atoms with E-state index in [9.17, 15) is 13.2 Å². The highest BCUT2D eigenvalue weighted by atomic mass is 32.1. The van der Waals surface area contributed by atoms with E-state index in [-0.39, 0.29) is 24.8 Å². The summed E-state index contributed by atoms with van der Waals surface area (Å²) >= 11 is 1.60. The molecular weight excluding hydrogens is 273 g/mol. The highest BCUT2D eigenvalue weighted by molar-refractivity contribution is 7.12. The number of halogens is 3. The van der Waals surface area contributed by atoms with E-state index in [0.717, 1.165) is 16.2 Å². The summed E-state index contributed by atoms with van der Waals surface area (Å²) in [4.78, 5) is 2.19. The van der Waals surface area contributed by atoms with Crippen LogP contribution < -0.4 is 11.3 Å². The fourth-order valence-electron chi connectivity index (χ4n) is 2.90. The minimum absolute atomic E-state index is 0.0385. The SMILES string of the molecule is Cc1ccc(C(NN)C2CCCC(C(F)(F)F)C2)s1. The predicted molar refractivity (Wildman–Crippen MR) is 70.6 cm³/mol. The number of nitrogens with two attached hydrogens (primary N) is 1. The number of nitrogens with one attached hydrogen (secondary N) is 1. The molecule has 19 heavy (non-hydrogen) atoms. The van der Waals surface area contributed by atoms with Gasteiger partial charge in [-0.1, -0.05) is 6.42 Å². The molecule has 0 spiro atoms. The lowest BCUT2D eigenvalue weighted by molar-refractivity contribution is -0.186. The summed E-state index contributed by atoms with van der Waals surface area (Å²) in [6, 6.07) is 3.78. The Labute approximate surface area is 115 Å². The third-order valence-corrected chi connectivity index (χ3v) is 4.98. The molecule has 3 atom stereocenters.